The third-order valence-electron chi connectivity index (χ3n) is 6.31. The third-order valence-corrected chi connectivity index (χ3v) is 6.31. The molecule has 178 valence electrons. The predicted octanol–water partition coefficient (Wildman–Crippen LogP) is 4.66. The molecule has 0 spiro atoms. The van der Waals surface area contributed by atoms with Crippen LogP contribution in [0.1, 0.15) is 28.4 Å². The van der Waals surface area contributed by atoms with Crippen LogP contribution in [0.2, 0.25) is 0 Å². The second-order valence-electron chi connectivity index (χ2n) is 8.65. The summed E-state index contributed by atoms with van der Waals surface area (Å²) >= 11 is 0. The number of rotatable bonds is 5. The normalized spacial score (nSPS) is 21.5. The number of carbonyl (C=O) groups excluding carboxylic acids is 2. The van der Waals surface area contributed by atoms with Crippen LogP contribution < -0.4 is 0 Å². The maximum absolute atomic E-state index is 14.1. The molecule has 0 bridgehead atoms. The van der Waals surface area contributed by atoms with Gasteiger partial charge in [-0.05, 0) is 23.3 Å². The molecule has 3 aromatic rings. The van der Waals surface area contributed by atoms with Crippen molar-refractivity contribution in [1.29, 1.82) is 0 Å². The average molecular weight is 478 g/mol. The molecule has 3 aromatic carbocycles. The topological polar surface area (TPSA) is 59.0 Å². The minimum absolute atomic E-state index is 0.0959. The molecule has 0 saturated carbocycles. The molecule has 2 aliphatic heterocycles. The van der Waals surface area contributed by atoms with E-state index in [0.29, 0.717) is 16.7 Å². The van der Waals surface area contributed by atoms with Crippen LogP contribution in [0.3, 0.4) is 0 Å². The highest BCUT2D eigenvalue weighted by Gasteiger charge is 2.57. The van der Waals surface area contributed by atoms with Crippen LogP contribution in [-0.2, 0) is 27.3 Å². The molecule has 2 heterocycles. The van der Waals surface area contributed by atoms with E-state index in [1.54, 1.807) is 36.4 Å². The lowest BCUT2D eigenvalue weighted by molar-refractivity contribution is -0.173. The van der Waals surface area contributed by atoms with Crippen molar-refractivity contribution >= 4 is 17.6 Å². The number of carbonyl (C=O) groups is 2. The molecule has 0 fully saturated rings. The Hall–Kier alpha value is -3.94. The highest BCUT2D eigenvalue weighted by atomic mass is 19.4. The molecule has 0 radical (unpaired) electrons. The number of aliphatic imine (C=N–C) groups is 1. The number of alkyl halides is 3. The summed E-state index contributed by atoms with van der Waals surface area (Å²) in [4.78, 5) is 31.8. The van der Waals surface area contributed by atoms with E-state index in [2.05, 4.69) is 0 Å². The van der Waals surface area contributed by atoms with E-state index in [0.717, 1.165) is 10.5 Å². The largest absolute Gasteiger partial charge is 0.466 e. The number of ether oxygens (including phenoxy) is 1. The van der Waals surface area contributed by atoms with E-state index in [4.69, 9.17) is 9.73 Å². The van der Waals surface area contributed by atoms with Crippen molar-refractivity contribution in [3.63, 3.8) is 0 Å². The second kappa shape index (κ2) is 8.69. The van der Waals surface area contributed by atoms with E-state index in [-0.39, 0.29) is 18.9 Å². The summed E-state index contributed by atoms with van der Waals surface area (Å²) in [6, 6.07) is 25.2. The quantitative estimate of drug-likeness (QED) is 0.536. The van der Waals surface area contributed by atoms with Crippen LogP contribution in [-0.4, -0.2) is 40.7 Å². The molecule has 0 N–H and O–H groups in total. The summed E-state index contributed by atoms with van der Waals surface area (Å²) in [6.45, 7) is -1.24. The molecule has 0 aliphatic carbocycles. The van der Waals surface area contributed by atoms with Gasteiger partial charge in [0.15, 0.2) is 11.6 Å². The van der Waals surface area contributed by atoms with Gasteiger partial charge in [-0.1, -0.05) is 72.8 Å². The number of benzene rings is 3. The van der Waals surface area contributed by atoms with Gasteiger partial charge < -0.3 is 9.64 Å². The smallest absolute Gasteiger partial charge is 0.451 e. The average Bonchev–Trinajstić information content (AvgIpc) is 3.20. The maximum atomic E-state index is 14.1. The molecule has 2 atom stereocenters. The molecule has 0 aromatic heterocycles. The molecule has 0 saturated heterocycles. The fourth-order valence-electron chi connectivity index (χ4n) is 4.66. The van der Waals surface area contributed by atoms with Crippen LogP contribution in [0.25, 0.3) is 0 Å². The van der Waals surface area contributed by atoms with Crippen molar-refractivity contribution in [3.05, 3.63) is 107 Å². The molecule has 1 amide bonds. The molecule has 5 nitrogen and oxygen atoms in total. The van der Waals surface area contributed by atoms with Crippen molar-refractivity contribution < 1.29 is 27.5 Å². The van der Waals surface area contributed by atoms with Crippen molar-refractivity contribution in [3.8, 4) is 0 Å². The molecule has 5 rings (SSSR count). The zero-order valence-corrected chi connectivity index (χ0v) is 18.5. The van der Waals surface area contributed by atoms with E-state index >= 15 is 0 Å². The van der Waals surface area contributed by atoms with Crippen LogP contribution >= 0.6 is 0 Å². The molecular weight excluding hydrogens is 457 g/mol. The SMILES string of the molecule is O=C(CN1Cc2ccccc2[C@@H]2OC(c3ccccc3)=N[C@]2(Cc2ccccc2)C1=O)C(F)(F)F. The number of Topliss-reactive ketones (excluding diaryl/α,β-unsaturated/α-hetero) is 1. The number of nitrogens with zero attached hydrogens (tertiary/aromatic N) is 2. The summed E-state index contributed by atoms with van der Waals surface area (Å²) in [5, 5.41) is 0. The summed E-state index contributed by atoms with van der Waals surface area (Å²) in [6.07, 6.45) is -5.82. The Labute approximate surface area is 199 Å². The van der Waals surface area contributed by atoms with Crippen LogP contribution in [0.5, 0.6) is 0 Å². The van der Waals surface area contributed by atoms with E-state index in [1.165, 1.54) is 0 Å². The van der Waals surface area contributed by atoms with Gasteiger partial charge in [0.1, 0.15) is 0 Å². The zero-order valence-electron chi connectivity index (χ0n) is 18.5. The first-order valence-corrected chi connectivity index (χ1v) is 11.1. The fraction of sp³-hybridized carbons (Fsp3) is 0.222. The lowest BCUT2D eigenvalue weighted by atomic mass is 9.81. The van der Waals surface area contributed by atoms with Gasteiger partial charge in [-0.3, -0.25) is 9.59 Å². The molecule has 2 aliphatic rings. The first kappa shape index (κ1) is 22.8. The number of ketones is 1. The second-order valence-corrected chi connectivity index (χ2v) is 8.65. The Morgan fingerprint density at radius 3 is 2.29 bits per heavy atom. The van der Waals surface area contributed by atoms with Gasteiger partial charge in [0, 0.05) is 24.1 Å². The van der Waals surface area contributed by atoms with Crippen molar-refractivity contribution in [1.82, 2.24) is 4.90 Å². The van der Waals surface area contributed by atoms with Gasteiger partial charge in [0.05, 0.1) is 6.54 Å². The van der Waals surface area contributed by atoms with E-state index in [1.807, 2.05) is 48.5 Å². The number of amides is 1. The number of fused-ring (bicyclic) bond motifs is 3. The van der Waals surface area contributed by atoms with Crippen LogP contribution in [0.15, 0.2) is 89.9 Å². The van der Waals surface area contributed by atoms with E-state index in [9.17, 15) is 22.8 Å². The Balaban J connectivity index is 1.68. The predicted molar refractivity (Wildman–Crippen MR) is 123 cm³/mol. The zero-order chi connectivity index (χ0) is 24.6. The Kier molecular flexibility index (Phi) is 5.67. The lowest BCUT2D eigenvalue weighted by Crippen LogP contribution is -2.52. The first-order valence-electron chi connectivity index (χ1n) is 11.1. The first-order chi connectivity index (χ1) is 16.8. The standard InChI is InChI=1S/C27H21F3N2O3/c28-27(29,30)22(33)17-32-16-20-13-7-8-14-21(20)23-26(25(32)34,15-18-9-3-1-4-10-18)31-24(35-23)19-11-5-2-6-12-19/h1-14,23H,15-17H2/t23-,26-/m0/s1. The van der Waals surface area contributed by atoms with Gasteiger partial charge in [-0.25, -0.2) is 4.99 Å². The van der Waals surface area contributed by atoms with Gasteiger partial charge in [0.25, 0.3) is 11.7 Å². The van der Waals surface area contributed by atoms with E-state index < -0.39 is 36.1 Å². The Morgan fingerprint density at radius 2 is 1.60 bits per heavy atom. The van der Waals surface area contributed by atoms with Crippen molar-refractivity contribution in [2.24, 2.45) is 4.99 Å². The molecular formula is C27H21F3N2O3. The minimum Gasteiger partial charge on any atom is -0.466 e. The Morgan fingerprint density at radius 1 is 0.971 bits per heavy atom. The minimum atomic E-state index is -5.05. The fourth-order valence-corrected chi connectivity index (χ4v) is 4.66. The monoisotopic (exact) mass is 478 g/mol. The summed E-state index contributed by atoms with van der Waals surface area (Å²) < 4.78 is 45.9. The van der Waals surface area contributed by atoms with Crippen molar-refractivity contribution in [2.45, 2.75) is 30.8 Å². The third kappa shape index (κ3) is 4.20. The molecule has 8 heteroatoms. The van der Waals surface area contributed by atoms with Gasteiger partial charge in [0.2, 0.25) is 5.90 Å². The maximum Gasteiger partial charge on any atom is 0.451 e. The summed E-state index contributed by atoms with van der Waals surface area (Å²) in [7, 11) is 0. The van der Waals surface area contributed by atoms with Gasteiger partial charge >= 0.3 is 6.18 Å². The van der Waals surface area contributed by atoms with Crippen LogP contribution in [0.4, 0.5) is 13.2 Å². The number of hydrogen-bond donors (Lipinski definition) is 0. The summed E-state index contributed by atoms with van der Waals surface area (Å²) in [5.74, 6) is -2.42. The Bertz CT molecular complexity index is 1290. The summed E-state index contributed by atoms with van der Waals surface area (Å²) in [5.41, 5.74) is 1.12. The highest BCUT2D eigenvalue weighted by Crippen LogP contribution is 2.46. The number of halogens is 3. The van der Waals surface area contributed by atoms with Crippen molar-refractivity contribution in [2.75, 3.05) is 6.54 Å². The lowest BCUT2D eigenvalue weighted by Gasteiger charge is -2.32. The number of hydrogen-bond acceptors (Lipinski definition) is 4. The highest BCUT2D eigenvalue weighted by molar-refractivity contribution is 6.02. The van der Waals surface area contributed by atoms with Gasteiger partial charge in [-0.15, -0.1) is 0 Å². The molecule has 0 unspecified atom stereocenters. The van der Waals surface area contributed by atoms with Gasteiger partial charge in [-0.2, -0.15) is 13.2 Å². The molecule has 35 heavy (non-hydrogen) atoms. The van der Waals surface area contributed by atoms with Crippen LogP contribution in [0, 0.1) is 0 Å².